The molecule has 0 radical (unpaired) electrons. The number of hydrogen-bond donors (Lipinski definition) is 2. The molecule has 1 aliphatic rings. The molecule has 3 aromatic rings. The van der Waals surface area contributed by atoms with Crippen molar-refractivity contribution in [3.8, 4) is 5.75 Å². The highest BCUT2D eigenvalue weighted by Gasteiger charge is 2.19. The second-order valence-electron chi connectivity index (χ2n) is 6.88. The van der Waals surface area contributed by atoms with Crippen molar-refractivity contribution in [2.45, 2.75) is 19.3 Å². The first-order valence-electron chi connectivity index (χ1n) is 9.31. The summed E-state index contributed by atoms with van der Waals surface area (Å²) in [4.78, 5) is 30.8. The predicted molar refractivity (Wildman–Crippen MR) is 111 cm³/mol. The number of benzene rings is 1. The van der Waals surface area contributed by atoms with Crippen LogP contribution in [0.25, 0.3) is 10.8 Å². The van der Waals surface area contributed by atoms with Crippen LogP contribution >= 0.6 is 11.6 Å². The van der Waals surface area contributed by atoms with E-state index in [0.717, 1.165) is 31.5 Å². The molecule has 0 aliphatic carbocycles. The van der Waals surface area contributed by atoms with Crippen LogP contribution in [0.4, 0.5) is 11.5 Å². The monoisotopic (exact) mass is 413 g/mol. The Hall–Kier alpha value is -3.13. The number of rotatable bonds is 5. The summed E-state index contributed by atoms with van der Waals surface area (Å²) in [6, 6.07) is 7.05. The zero-order valence-electron chi connectivity index (χ0n) is 15.9. The van der Waals surface area contributed by atoms with Gasteiger partial charge in [-0.05, 0) is 36.6 Å². The Morgan fingerprint density at radius 3 is 2.86 bits per heavy atom. The molecule has 3 heterocycles. The number of fused-ring (bicyclic) bond motifs is 1. The van der Waals surface area contributed by atoms with Gasteiger partial charge in [0.05, 0.1) is 30.8 Å². The van der Waals surface area contributed by atoms with E-state index in [9.17, 15) is 9.59 Å². The average molecular weight is 414 g/mol. The molecule has 9 heteroatoms. The second kappa shape index (κ2) is 8.08. The Morgan fingerprint density at radius 2 is 2.10 bits per heavy atom. The van der Waals surface area contributed by atoms with Gasteiger partial charge < -0.3 is 15.0 Å². The van der Waals surface area contributed by atoms with Gasteiger partial charge in [0, 0.05) is 18.5 Å². The molecule has 150 valence electrons. The van der Waals surface area contributed by atoms with E-state index < -0.39 is 0 Å². The lowest BCUT2D eigenvalue weighted by molar-refractivity contribution is -0.129. The van der Waals surface area contributed by atoms with Gasteiger partial charge >= 0.3 is 0 Å². The molecule has 1 amide bonds. The minimum atomic E-state index is -0.374. The quantitative estimate of drug-likeness (QED) is 0.624. The molecular formula is C20H20ClN5O3. The second-order valence-corrected chi connectivity index (χ2v) is 7.27. The van der Waals surface area contributed by atoms with E-state index in [0.29, 0.717) is 34.4 Å². The van der Waals surface area contributed by atoms with Crippen molar-refractivity contribution in [2.24, 2.45) is 0 Å². The molecule has 1 aromatic carbocycles. The van der Waals surface area contributed by atoms with Crippen LogP contribution in [0.3, 0.4) is 0 Å². The van der Waals surface area contributed by atoms with Gasteiger partial charge in [0.1, 0.15) is 16.7 Å². The molecule has 0 unspecified atom stereocenters. The topological polar surface area (TPSA) is 100 Å². The fourth-order valence-electron chi connectivity index (χ4n) is 3.51. The highest BCUT2D eigenvalue weighted by atomic mass is 35.5. The first-order valence-corrected chi connectivity index (χ1v) is 9.68. The van der Waals surface area contributed by atoms with Crippen LogP contribution in [0.2, 0.25) is 5.15 Å². The van der Waals surface area contributed by atoms with E-state index in [1.54, 1.807) is 19.2 Å². The van der Waals surface area contributed by atoms with Crippen LogP contribution in [-0.4, -0.2) is 46.2 Å². The average Bonchev–Trinajstić information content (AvgIpc) is 3.24. The smallest absolute Gasteiger partial charge is 0.275 e. The number of ether oxygens (including phenoxy) is 1. The van der Waals surface area contributed by atoms with Crippen LogP contribution in [0.5, 0.6) is 5.75 Å². The Balaban J connectivity index is 1.63. The largest absolute Gasteiger partial charge is 0.495 e. The highest BCUT2D eigenvalue weighted by Crippen LogP contribution is 2.31. The number of hydrogen-bond acceptors (Lipinski definition) is 6. The van der Waals surface area contributed by atoms with E-state index in [1.165, 1.54) is 6.20 Å². The van der Waals surface area contributed by atoms with E-state index in [1.807, 2.05) is 17.0 Å². The number of halogens is 1. The Bertz CT molecular complexity index is 1120. The number of carbonyl (C=O) groups is 1. The van der Waals surface area contributed by atoms with Gasteiger partial charge in [-0.2, -0.15) is 5.10 Å². The van der Waals surface area contributed by atoms with Gasteiger partial charge in [0.2, 0.25) is 5.91 Å². The maximum atomic E-state index is 12.4. The number of H-pyrrole nitrogens is 1. The fraction of sp³-hybridized carbons (Fsp3) is 0.300. The summed E-state index contributed by atoms with van der Waals surface area (Å²) in [6.45, 7) is 1.65. The van der Waals surface area contributed by atoms with Crippen LogP contribution < -0.4 is 15.6 Å². The Kier molecular flexibility index (Phi) is 5.35. The molecule has 0 spiro atoms. The Morgan fingerprint density at radius 1 is 1.31 bits per heavy atom. The molecular weight excluding hydrogens is 394 g/mol. The van der Waals surface area contributed by atoms with Crippen LogP contribution in [0.1, 0.15) is 18.4 Å². The van der Waals surface area contributed by atoms with Crippen LogP contribution in [0.15, 0.2) is 35.3 Å². The van der Waals surface area contributed by atoms with E-state index in [4.69, 9.17) is 16.3 Å². The lowest BCUT2D eigenvalue weighted by Crippen LogP contribution is -2.29. The van der Waals surface area contributed by atoms with Crippen molar-refractivity contribution in [3.63, 3.8) is 0 Å². The highest BCUT2D eigenvalue weighted by molar-refractivity contribution is 6.30. The minimum absolute atomic E-state index is 0.117. The number of aromatic nitrogens is 3. The molecule has 1 fully saturated rings. The summed E-state index contributed by atoms with van der Waals surface area (Å²) in [7, 11) is 1.55. The maximum absolute atomic E-state index is 12.4. The van der Waals surface area contributed by atoms with Crippen molar-refractivity contribution in [3.05, 3.63) is 51.5 Å². The molecule has 29 heavy (non-hydrogen) atoms. The lowest BCUT2D eigenvalue weighted by atomic mass is 10.1. The van der Waals surface area contributed by atoms with Crippen molar-refractivity contribution >= 4 is 39.8 Å². The van der Waals surface area contributed by atoms with E-state index >= 15 is 0 Å². The maximum Gasteiger partial charge on any atom is 0.275 e. The molecule has 4 rings (SSSR count). The van der Waals surface area contributed by atoms with Crippen molar-refractivity contribution < 1.29 is 9.53 Å². The molecule has 8 nitrogen and oxygen atoms in total. The van der Waals surface area contributed by atoms with E-state index in [2.05, 4.69) is 20.5 Å². The summed E-state index contributed by atoms with van der Waals surface area (Å²) < 4.78 is 5.49. The number of nitrogens with one attached hydrogen (secondary N) is 2. The van der Waals surface area contributed by atoms with Crippen molar-refractivity contribution in [1.82, 2.24) is 20.1 Å². The first kappa shape index (κ1) is 19.2. The summed E-state index contributed by atoms with van der Waals surface area (Å²) >= 11 is 6.10. The van der Waals surface area contributed by atoms with Gasteiger partial charge in [-0.3, -0.25) is 9.59 Å². The number of likely N-dealkylation sites (tertiary alicyclic amines) is 1. The fourth-order valence-corrected chi connectivity index (χ4v) is 3.71. The zero-order valence-corrected chi connectivity index (χ0v) is 16.6. The first-order chi connectivity index (χ1) is 14.0. The predicted octanol–water partition coefficient (Wildman–Crippen LogP) is 2.89. The third-order valence-electron chi connectivity index (χ3n) is 4.95. The van der Waals surface area contributed by atoms with Crippen molar-refractivity contribution in [2.75, 3.05) is 25.5 Å². The van der Waals surface area contributed by atoms with Crippen molar-refractivity contribution in [1.29, 1.82) is 0 Å². The van der Waals surface area contributed by atoms with Crippen LogP contribution in [0, 0.1) is 0 Å². The summed E-state index contributed by atoms with van der Waals surface area (Å²) in [5.74, 6) is 0.958. The summed E-state index contributed by atoms with van der Waals surface area (Å²) in [6.07, 6.45) is 3.96. The third kappa shape index (κ3) is 4.02. The van der Waals surface area contributed by atoms with Gasteiger partial charge in [-0.15, -0.1) is 0 Å². The molecule has 0 saturated carbocycles. The number of aromatic amines is 1. The van der Waals surface area contributed by atoms with E-state index in [-0.39, 0.29) is 16.6 Å². The molecule has 1 aliphatic heterocycles. The van der Waals surface area contributed by atoms with Gasteiger partial charge in [-0.1, -0.05) is 17.7 Å². The zero-order chi connectivity index (χ0) is 20.4. The number of pyridine rings is 1. The van der Waals surface area contributed by atoms with Gasteiger partial charge in [0.25, 0.3) is 5.56 Å². The summed E-state index contributed by atoms with van der Waals surface area (Å²) in [5, 5.41) is 10.5. The standard InChI is InChI=1S/C20H20ClN5O3/c1-29-15-8-12(9-17(27)26-6-2-3-7-26)4-5-14(15)23-19-18-13(10-16(21)24-19)11-22-25-20(18)28/h4-5,8,10-11H,2-3,6-7,9H2,1H3,(H,23,24)(H,25,28). The van der Waals surface area contributed by atoms with Crippen LogP contribution in [-0.2, 0) is 11.2 Å². The third-order valence-corrected chi connectivity index (χ3v) is 5.14. The molecule has 0 bridgehead atoms. The minimum Gasteiger partial charge on any atom is -0.495 e. The Labute approximate surface area is 171 Å². The number of carbonyl (C=O) groups excluding carboxylic acids is 1. The molecule has 1 saturated heterocycles. The molecule has 0 atom stereocenters. The van der Waals surface area contributed by atoms with Gasteiger partial charge in [0.15, 0.2) is 0 Å². The normalized spacial score (nSPS) is 13.7. The summed E-state index contributed by atoms with van der Waals surface area (Å²) in [5.41, 5.74) is 1.09. The SMILES string of the molecule is COc1cc(CC(=O)N2CCCC2)ccc1Nc1nc(Cl)cc2cn[nH]c(=O)c12. The number of amides is 1. The number of anilines is 2. The number of nitrogens with zero attached hydrogens (tertiary/aromatic N) is 3. The van der Waals surface area contributed by atoms with Gasteiger partial charge in [-0.25, -0.2) is 10.1 Å². The molecule has 2 aromatic heterocycles. The number of methoxy groups -OCH3 is 1. The molecule has 2 N–H and O–H groups in total. The lowest BCUT2D eigenvalue weighted by Gasteiger charge is -2.16.